The monoisotopic (exact) mass is 1340 g/mol. The fourth-order valence-corrected chi connectivity index (χ4v) is 14.6. The standard InChI is InChI=1S/2C18H22N2.C17H13Cl3N2O2.C11H10Cl2N2O2.C6H5Cl.2H2O.2H2/c2*1-13-12-20-9-7-14(13)10-16(20)11-15-6-8-19-18-5-3-2-4-17(15)18;1-9-15(17(23)24)21-22(14-7-6-12(19)8-13(14)20)16(9)10-2-4-11(18)5-3-10;1-6-5-15(14-10(6)11(16)17)9-3-2-7(12)4-8(9)13;7-6-4-2-1-3-5-6;;;;/h2*2-6,8,13-14,16H,7,9-12H2,1H3;2-9,16H,1H3,(H,23,24);2-4,6H,5H2,1H3,(H,16,17);1-5H;2*1H2;2*1H/t2*13-,14?,16?;9?,16-;;;;;;/m001....../s1. The van der Waals surface area contributed by atoms with E-state index in [0.717, 1.165) is 57.4 Å². The van der Waals surface area contributed by atoms with Crippen LogP contribution in [0.15, 0.2) is 174 Å². The van der Waals surface area contributed by atoms with Crippen molar-refractivity contribution in [3.63, 3.8) is 0 Å². The second-order valence-electron chi connectivity index (χ2n) is 23.9. The summed E-state index contributed by atoms with van der Waals surface area (Å²) in [6.07, 6.45) is 11.9. The number of anilines is 2. The smallest absolute Gasteiger partial charge is 0.352 e. The second kappa shape index (κ2) is 31.8. The van der Waals surface area contributed by atoms with Crippen LogP contribution in [0.4, 0.5) is 11.4 Å². The number of aromatic nitrogens is 2. The molecule has 6 aromatic carbocycles. The van der Waals surface area contributed by atoms with Crippen LogP contribution in [0.3, 0.4) is 0 Å². The van der Waals surface area contributed by atoms with Gasteiger partial charge in [-0.1, -0.05) is 164 Å². The Labute approximate surface area is 559 Å². The molecule has 10 heterocycles. The van der Waals surface area contributed by atoms with Crippen LogP contribution in [0, 0.1) is 35.5 Å². The van der Waals surface area contributed by atoms with E-state index in [9.17, 15) is 14.7 Å². The van der Waals surface area contributed by atoms with E-state index in [1.165, 1.54) is 86.6 Å². The summed E-state index contributed by atoms with van der Waals surface area (Å²) in [6, 6.07) is 49.5. The Morgan fingerprint density at radius 3 is 1.40 bits per heavy atom. The predicted molar refractivity (Wildman–Crippen MR) is 374 cm³/mol. The Kier molecular flexibility index (Phi) is 24.5. The van der Waals surface area contributed by atoms with Gasteiger partial charge < -0.3 is 21.2 Å². The van der Waals surface area contributed by atoms with Crippen LogP contribution in [-0.2, 0) is 22.4 Å². The predicted octanol–water partition coefficient (Wildman–Crippen LogP) is 16.4. The molecule has 0 amide bonds. The van der Waals surface area contributed by atoms with Crippen LogP contribution < -0.4 is 10.0 Å². The van der Waals surface area contributed by atoms with E-state index in [1.807, 2.05) is 68.7 Å². The number of carboxylic acids is 2. The second-order valence-corrected chi connectivity index (χ2v) is 26.4. The molecule has 0 saturated carbocycles. The van der Waals surface area contributed by atoms with Crippen LogP contribution in [0.1, 0.15) is 79.0 Å². The van der Waals surface area contributed by atoms with Gasteiger partial charge in [-0.2, -0.15) is 10.2 Å². The Bertz CT molecular complexity index is 3700. The minimum Gasteiger partial charge on any atom is -0.477 e. The summed E-state index contributed by atoms with van der Waals surface area (Å²) in [5.41, 5.74) is 7.61. The summed E-state index contributed by atoms with van der Waals surface area (Å²) in [5, 5.41) is 35.9. The molecular formula is C70H80Cl6N8O6. The maximum absolute atomic E-state index is 11.5. The van der Waals surface area contributed by atoms with Crippen molar-refractivity contribution >= 4 is 126 Å². The van der Waals surface area contributed by atoms with Crippen molar-refractivity contribution in [3.8, 4) is 0 Å². The number of benzene rings is 6. The molecule has 2 aromatic heterocycles. The quantitative estimate of drug-likeness (QED) is 0.140. The number of carboxylic acid groups (broad SMARTS) is 2. The summed E-state index contributed by atoms with van der Waals surface area (Å²) in [6.45, 7) is 14.2. The minimum absolute atomic E-state index is 0. The highest BCUT2D eigenvalue weighted by molar-refractivity contribution is 6.39. The minimum atomic E-state index is -1.05. The van der Waals surface area contributed by atoms with Gasteiger partial charge in [-0.3, -0.25) is 29.8 Å². The molecule has 0 aliphatic carbocycles. The molecule has 14 nitrogen and oxygen atoms in total. The highest BCUT2D eigenvalue weighted by Crippen LogP contribution is 2.44. The fourth-order valence-electron chi connectivity index (χ4n) is 13.4. The number of nitrogens with zero attached hydrogens (tertiary/aromatic N) is 8. The first-order chi connectivity index (χ1) is 42.4. The molecule has 8 aliphatic heterocycles. The molecule has 0 spiro atoms. The third kappa shape index (κ3) is 16.8. The van der Waals surface area contributed by atoms with Crippen molar-refractivity contribution in [2.45, 2.75) is 84.3 Å². The Morgan fingerprint density at radius 2 is 0.978 bits per heavy atom. The summed E-state index contributed by atoms with van der Waals surface area (Å²) < 4.78 is 0. The van der Waals surface area contributed by atoms with Crippen molar-refractivity contribution in [1.82, 2.24) is 19.8 Å². The normalized spacial score (nSPS) is 24.2. The van der Waals surface area contributed by atoms with Crippen LogP contribution in [-0.4, -0.2) is 109 Å². The number of hydrogen-bond donors (Lipinski definition) is 2. The van der Waals surface area contributed by atoms with Crippen molar-refractivity contribution in [3.05, 3.63) is 211 Å². The number of hydrazone groups is 2. The highest BCUT2D eigenvalue weighted by atomic mass is 35.5. The first-order valence-electron chi connectivity index (χ1n) is 30.1. The van der Waals surface area contributed by atoms with Gasteiger partial charge in [-0.25, -0.2) is 9.59 Å². The zero-order valence-corrected chi connectivity index (χ0v) is 55.2. The molecule has 478 valence electrons. The number of para-hydroxylation sites is 2. The van der Waals surface area contributed by atoms with Gasteiger partial charge in [0.1, 0.15) is 0 Å². The van der Waals surface area contributed by atoms with Gasteiger partial charge in [0.25, 0.3) is 0 Å². The van der Waals surface area contributed by atoms with Crippen LogP contribution in [0.2, 0.25) is 30.1 Å². The molecule has 6 saturated heterocycles. The Balaban J connectivity index is 0.000000186. The molecule has 8 aromatic rings. The van der Waals surface area contributed by atoms with Gasteiger partial charge in [0.2, 0.25) is 0 Å². The van der Waals surface area contributed by atoms with Gasteiger partial charge in [0.05, 0.1) is 45.0 Å². The SMILES string of the molecule is CC1C(C(=O)O)=NN(c2ccc(Cl)cc2Cl)[C@H]1c1ccc(Cl)cc1.CC1CN(c2ccc(Cl)cc2Cl)N=C1C(=O)O.C[C@H]1CN2CCC1CC2Cc1ccnc2ccccc12.C[C@H]1CN2CCC1CC2Cc1ccnc2ccccc12.Clc1ccccc1.O.O.[HH].[HH]. The average molecular weight is 1340 g/mol. The molecule has 6 fully saturated rings. The lowest BCUT2D eigenvalue weighted by Crippen LogP contribution is -2.53. The topological polar surface area (TPSA) is 201 Å². The number of fused-ring (bicyclic) bond motifs is 8. The van der Waals surface area contributed by atoms with Gasteiger partial charge in [0.15, 0.2) is 11.4 Å². The summed E-state index contributed by atoms with van der Waals surface area (Å²) >= 11 is 35.6. The van der Waals surface area contributed by atoms with Crippen molar-refractivity contribution in [2.75, 3.05) is 42.7 Å². The van der Waals surface area contributed by atoms with Crippen LogP contribution >= 0.6 is 69.6 Å². The summed E-state index contributed by atoms with van der Waals surface area (Å²) in [4.78, 5) is 36.8. The van der Waals surface area contributed by atoms with E-state index >= 15 is 0 Å². The van der Waals surface area contributed by atoms with E-state index in [0.29, 0.717) is 43.0 Å². The molecule has 90 heavy (non-hydrogen) atoms. The molecule has 0 radical (unpaired) electrons. The molecule has 11 atom stereocenters. The number of rotatable bonds is 9. The van der Waals surface area contributed by atoms with Gasteiger partial charge in [-0.05, 0) is 177 Å². The van der Waals surface area contributed by atoms with E-state index in [4.69, 9.17) is 74.7 Å². The first-order valence-corrected chi connectivity index (χ1v) is 32.4. The molecule has 8 aliphatic rings. The summed E-state index contributed by atoms with van der Waals surface area (Å²) in [5.74, 6) is 1.22. The van der Waals surface area contributed by atoms with E-state index in [-0.39, 0.29) is 43.1 Å². The number of hydrogen-bond acceptors (Lipinski definition) is 10. The largest absolute Gasteiger partial charge is 0.477 e. The van der Waals surface area contributed by atoms with Crippen molar-refractivity contribution in [2.24, 2.45) is 45.7 Å². The number of carbonyl (C=O) groups is 2. The lowest BCUT2D eigenvalue weighted by molar-refractivity contribution is -0.130. The van der Waals surface area contributed by atoms with Crippen LogP contribution in [0.25, 0.3) is 21.8 Å². The van der Waals surface area contributed by atoms with Crippen molar-refractivity contribution in [1.29, 1.82) is 0 Å². The maximum Gasteiger partial charge on any atom is 0.352 e. The number of pyridine rings is 2. The van der Waals surface area contributed by atoms with Gasteiger partial charge >= 0.3 is 11.9 Å². The Morgan fingerprint density at radius 1 is 0.522 bits per heavy atom. The number of piperidine rings is 6. The lowest BCUT2D eigenvalue weighted by atomic mass is 9.75. The number of aliphatic carboxylic acids is 2. The molecule has 4 bridgehead atoms. The van der Waals surface area contributed by atoms with E-state index in [2.05, 4.69) is 104 Å². The van der Waals surface area contributed by atoms with Gasteiger partial charge in [-0.15, -0.1) is 0 Å². The molecular weight excluding hydrogens is 1260 g/mol. The highest BCUT2D eigenvalue weighted by Gasteiger charge is 2.41. The molecule has 20 heteroatoms. The fraction of sp³-hybridized carbons (Fsp3) is 0.343. The van der Waals surface area contributed by atoms with E-state index in [1.54, 1.807) is 58.5 Å². The van der Waals surface area contributed by atoms with Crippen molar-refractivity contribution < 1.29 is 33.6 Å². The molecule has 6 N–H and O–H groups in total. The third-order valence-electron chi connectivity index (χ3n) is 18.1. The lowest BCUT2D eigenvalue weighted by Gasteiger charge is -2.49. The number of halogens is 6. The zero-order valence-electron chi connectivity index (χ0n) is 50.6. The third-order valence-corrected chi connectivity index (χ3v) is 19.6. The van der Waals surface area contributed by atoms with Crippen LogP contribution in [0.5, 0.6) is 0 Å². The Hall–Kier alpha value is -6.40. The summed E-state index contributed by atoms with van der Waals surface area (Å²) in [7, 11) is 0. The molecule has 16 rings (SSSR count). The van der Waals surface area contributed by atoms with Gasteiger partial charge in [0, 0.05) is 83.1 Å². The average Bonchev–Trinajstić information content (AvgIpc) is 1.49. The first kappa shape index (κ1) is 69.5. The zero-order chi connectivity index (χ0) is 62.2. The maximum atomic E-state index is 11.5. The van der Waals surface area contributed by atoms with E-state index < -0.39 is 11.9 Å². The molecule has 8 unspecified atom stereocenters.